The summed E-state index contributed by atoms with van der Waals surface area (Å²) in [5.41, 5.74) is 0.581. The van der Waals surface area contributed by atoms with Gasteiger partial charge in [-0.1, -0.05) is 0 Å². The molecule has 0 saturated heterocycles. The second-order valence-electron chi connectivity index (χ2n) is 7.23. The van der Waals surface area contributed by atoms with Crippen LogP contribution in [0.4, 0.5) is 5.82 Å². The fourth-order valence-corrected chi connectivity index (χ4v) is 3.85. The maximum absolute atomic E-state index is 12.4. The molecule has 1 aliphatic carbocycles. The predicted octanol–water partition coefficient (Wildman–Crippen LogP) is 1.10. The standard InChI is InChI=1S/C18H20N10O/c1-26-8-14-17(20-10-21-18(14)25-26)23-12-2-4-13(5-3-12)28-16(29)7-6-15(24-28)27-11-19-9-22-27/h6-13H,2-5H2,1H3,(H,20,21,23,25). The third-order valence-electron chi connectivity index (χ3n) is 5.28. The zero-order valence-electron chi connectivity index (χ0n) is 15.9. The van der Waals surface area contributed by atoms with Crippen LogP contribution in [0.1, 0.15) is 31.7 Å². The third-order valence-corrected chi connectivity index (χ3v) is 5.28. The molecule has 1 aliphatic rings. The van der Waals surface area contributed by atoms with E-state index in [9.17, 15) is 4.79 Å². The molecule has 1 fully saturated rings. The van der Waals surface area contributed by atoms with Crippen LogP contribution in [0.25, 0.3) is 16.9 Å². The molecule has 0 aromatic carbocycles. The third kappa shape index (κ3) is 3.35. The van der Waals surface area contributed by atoms with Crippen LogP contribution in [-0.2, 0) is 7.05 Å². The Hall–Kier alpha value is -3.63. The van der Waals surface area contributed by atoms with Crippen molar-refractivity contribution >= 4 is 16.9 Å². The Labute approximate surface area is 165 Å². The van der Waals surface area contributed by atoms with Crippen molar-refractivity contribution in [3.05, 3.63) is 47.7 Å². The molecule has 5 rings (SSSR count). The molecule has 0 aliphatic heterocycles. The molecule has 0 atom stereocenters. The van der Waals surface area contributed by atoms with E-state index in [4.69, 9.17) is 0 Å². The van der Waals surface area contributed by atoms with Crippen molar-refractivity contribution in [3.8, 4) is 5.82 Å². The van der Waals surface area contributed by atoms with Gasteiger partial charge in [-0.05, 0) is 31.7 Å². The van der Waals surface area contributed by atoms with Crippen LogP contribution in [0.5, 0.6) is 0 Å². The van der Waals surface area contributed by atoms with Gasteiger partial charge in [0.15, 0.2) is 11.5 Å². The molecule has 0 spiro atoms. The van der Waals surface area contributed by atoms with Gasteiger partial charge in [-0.15, -0.1) is 5.10 Å². The van der Waals surface area contributed by atoms with E-state index in [0.29, 0.717) is 11.5 Å². The van der Waals surface area contributed by atoms with Crippen LogP contribution in [0.2, 0.25) is 0 Å². The van der Waals surface area contributed by atoms with Gasteiger partial charge in [-0.2, -0.15) is 10.2 Å². The summed E-state index contributed by atoms with van der Waals surface area (Å²) in [7, 11) is 1.87. The van der Waals surface area contributed by atoms with E-state index in [2.05, 4.69) is 35.6 Å². The van der Waals surface area contributed by atoms with Crippen molar-refractivity contribution < 1.29 is 0 Å². The van der Waals surface area contributed by atoms with E-state index in [-0.39, 0.29) is 17.6 Å². The summed E-state index contributed by atoms with van der Waals surface area (Å²) in [5.74, 6) is 1.39. The van der Waals surface area contributed by atoms with E-state index in [1.54, 1.807) is 26.4 Å². The Morgan fingerprint density at radius 3 is 2.72 bits per heavy atom. The van der Waals surface area contributed by atoms with Gasteiger partial charge >= 0.3 is 0 Å². The second-order valence-corrected chi connectivity index (χ2v) is 7.23. The Balaban J connectivity index is 1.30. The van der Waals surface area contributed by atoms with Crippen molar-refractivity contribution in [2.45, 2.75) is 37.8 Å². The molecule has 1 saturated carbocycles. The number of nitrogens with zero attached hydrogens (tertiary/aromatic N) is 9. The van der Waals surface area contributed by atoms with E-state index in [0.717, 1.165) is 36.9 Å². The van der Waals surface area contributed by atoms with Crippen LogP contribution in [0, 0.1) is 0 Å². The highest BCUT2D eigenvalue weighted by Gasteiger charge is 2.25. The number of hydrogen-bond acceptors (Lipinski definition) is 8. The van der Waals surface area contributed by atoms with Gasteiger partial charge in [0.2, 0.25) is 0 Å². The van der Waals surface area contributed by atoms with Crippen molar-refractivity contribution in [1.82, 2.24) is 44.3 Å². The van der Waals surface area contributed by atoms with Gasteiger partial charge < -0.3 is 5.32 Å². The van der Waals surface area contributed by atoms with Gasteiger partial charge in [0.25, 0.3) is 5.56 Å². The summed E-state index contributed by atoms with van der Waals surface area (Å²) >= 11 is 0. The minimum absolute atomic E-state index is 0.0628. The SMILES string of the molecule is Cn1cc2c(NC3CCC(n4nc(-n5cncn5)ccc4=O)CC3)ncnc2n1. The van der Waals surface area contributed by atoms with Crippen molar-refractivity contribution in [2.75, 3.05) is 5.32 Å². The molecular formula is C18H20N10O. The Morgan fingerprint density at radius 2 is 1.93 bits per heavy atom. The molecule has 1 N–H and O–H groups in total. The second kappa shape index (κ2) is 7.08. The number of aromatic nitrogens is 9. The summed E-state index contributed by atoms with van der Waals surface area (Å²) < 4.78 is 4.87. The number of anilines is 1. The number of hydrogen-bond donors (Lipinski definition) is 1. The normalized spacial score (nSPS) is 19.5. The van der Waals surface area contributed by atoms with Crippen LogP contribution in [0.3, 0.4) is 0 Å². The Morgan fingerprint density at radius 1 is 1.07 bits per heavy atom. The molecule has 4 heterocycles. The number of aryl methyl sites for hydroxylation is 1. The molecule has 148 valence electrons. The first-order valence-electron chi connectivity index (χ1n) is 9.53. The van der Waals surface area contributed by atoms with E-state index in [1.807, 2.05) is 13.2 Å². The summed E-state index contributed by atoms with van der Waals surface area (Å²) in [6.45, 7) is 0. The number of rotatable bonds is 4. The van der Waals surface area contributed by atoms with E-state index >= 15 is 0 Å². The minimum Gasteiger partial charge on any atom is -0.367 e. The smallest absolute Gasteiger partial charge is 0.267 e. The summed E-state index contributed by atoms with van der Waals surface area (Å²) in [6.07, 6.45) is 10.00. The lowest BCUT2D eigenvalue weighted by molar-refractivity contribution is 0.302. The fourth-order valence-electron chi connectivity index (χ4n) is 3.85. The van der Waals surface area contributed by atoms with Crippen molar-refractivity contribution in [3.63, 3.8) is 0 Å². The quantitative estimate of drug-likeness (QED) is 0.548. The minimum atomic E-state index is -0.0989. The molecule has 0 unspecified atom stereocenters. The molecule has 11 nitrogen and oxygen atoms in total. The van der Waals surface area contributed by atoms with Crippen molar-refractivity contribution in [1.29, 1.82) is 0 Å². The van der Waals surface area contributed by atoms with Gasteiger partial charge in [0, 0.05) is 25.4 Å². The molecule has 11 heteroatoms. The largest absolute Gasteiger partial charge is 0.367 e. The fraction of sp³-hybridized carbons (Fsp3) is 0.389. The first-order chi connectivity index (χ1) is 14.2. The van der Waals surface area contributed by atoms with Gasteiger partial charge in [0.05, 0.1) is 11.4 Å². The van der Waals surface area contributed by atoms with E-state index < -0.39 is 0 Å². The highest BCUT2D eigenvalue weighted by molar-refractivity contribution is 5.85. The van der Waals surface area contributed by atoms with Crippen LogP contribution >= 0.6 is 0 Å². The first-order valence-corrected chi connectivity index (χ1v) is 9.53. The Kier molecular flexibility index (Phi) is 4.26. The van der Waals surface area contributed by atoms with E-state index in [1.165, 1.54) is 18.7 Å². The van der Waals surface area contributed by atoms with Crippen LogP contribution in [-0.4, -0.2) is 50.3 Å². The topological polar surface area (TPSA) is 121 Å². The lowest BCUT2D eigenvalue weighted by Crippen LogP contribution is -2.33. The lowest BCUT2D eigenvalue weighted by Gasteiger charge is -2.30. The summed E-state index contributed by atoms with van der Waals surface area (Å²) in [4.78, 5) is 24.9. The number of nitrogens with one attached hydrogen (secondary N) is 1. The number of fused-ring (bicyclic) bond motifs is 1. The molecule has 0 amide bonds. The highest BCUT2D eigenvalue weighted by Crippen LogP contribution is 2.30. The lowest BCUT2D eigenvalue weighted by atomic mass is 9.91. The van der Waals surface area contributed by atoms with Gasteiger partial charge in [-0.25, -0.2) is 24.3 Å². The van der Waals surface area contributed by atoms with Gasteiger partial charge in [0.1, 0.15) is 24.8 Å². The van der Waals surface area contributed by atoms with Gasteiger partial charge in [-0.3, -0.25) is 9.48 Å². The highest BCUT2D eigenvalue weighted by atomic mass is 16.1. The average molecular weight is 392 g/mol. The van der Waals surface area contributed by atoms with Crippen LogP contribution in [0.15, 0.2) is 42.1 Å². The maximum atomic E-state index is 12.4. The average Bonchev–Trinajstić information content (AvgIpc) is 3.39. The zero-order valence-corrected chi connectivity index (χ0v) is 15.9. The van der Waals surface area contributed by atoms with Crippen LogP contribution < -0.4 is 10.9 Å². The van der Waals surface area contributed by atoms with Crippen molar-refractivity contribution in [2.24, 2.45) is 7.05 Å². The molecule has 4 aromatic rings. The maximum Gasteiger partial charge on any atom is 0.267 e. The Bertz CT molecular complexity index is 1190. The first kappa shape index (κ1) is 17.5. The zero-order chi connectivity index (χ0) is 19.8. The predicted molar refractivity (Wildman–Crippen MR) is 105 cm³/mol. The molecule has 4 aromatic heterocycles. The summed E-state index contributed by atoms with van der Waals surface area (Å²) in [5, 5.41) is 17.4. The molecule has 0 bridgehead atoms. The monoisotopic (exact) mass is 392 g/mol. The molecule has 0 radical (unpaired) electrons. The molecular weight excluding hydrogens is 372 g/mol. The molecule has 29 heavy (non-hydrogen) atoms. The summed E-state index contributed by atoms with van der Waals surface area (Å²) in [6, 6.07) is 3.54.